The van der Waals surface area contributed by atoms with Gasteiger partial charge in [0.25, 0.3) is 0 Å². The summed E-state index contributed by atoms with van der Waals surface area (Å²) >= 11 is 0. The molecular formula is C21H23F3. The topological polar surface area (TPSA) is 0 Å². The minimum atomic E-state index is -0.818. The number of rotatable bonds is 5. The maximum absolute atomic E-state index is 14.5. The van der Waals surface area contributed by atoms with Gasteiger partial charge in [-0.1, -0.05) is 38.0 Å². The van der Waals surface area contributed by atoms with E-state index in [9.17, 15) is 13.2 Å². The number of unbranched alkanes of at least 4 members (excludes halogenated alkanes) is 2. The van der Waals surface area contributed by atoms with Gasteiger partial charge >= 0.3 is 0 Å². The molecule has 1 unspecified atom stereocenters. The number of aryl methyl sites for hydroxylation is 2. The summed E-state index contributed by atoms with van der Waals surface area (Å²) in [5.74, 6) is -1.89. The molecular weight excluding hydrogens is 309 g/mol. The maximum Gasteiger partial charge on any atom is 0.162 e. The lowest BCUT2D eigenvalue weighted by molar-refractivity contribution is 0.470. The van der Waals surface area contributed by atoms with Gasteiger partial charge in [-0.3, -0.25) is 0 Å². The van der Waals surface area contributed by atoms with Gasteiger partial charge in [0.1, 0.15) is 5.82 Å². The standard InChI is InChI=1S/C21H23F3/c1-2-3-4-5-14-6-10-17(20(23)12-14)16-8-7-15-9-11-19(22)21(24)18(15)13-16/h6,9-12,16H,2-5,7-8,13H2,1H3. The summed E-state index contributed by atoms with van der Waals surface area (Å²) in [5, 5.41) is 0. The van der Waals surface area contributed by atoms with Gasteiger partial charge < -0.3 is 0 Å². The first-order chi connectivity index (χ1) is 11.6. The highest BCUT2D eigenvalue weighted by Crippen LogP contribution is 2.36. The van der Waals surface area contributed by atoms with E-state index in [4.69, 9.17) is 0 Å². The SMILES string of the molecule is CCCCCc1ccc(C2CCc3ccc(F)c(F)c3C2)c(F)c1. The highest BCUT2D eigenvalue weighted by atomic mass is 19.2. The summed E-state index contributed by atoms with van der Waals surface area (Å²) in [6.07, 6.45) is 6.04. The zero-order chi connectivity index (χ0) is 17.1. The minimum absolute atomic E-state index is 0.0847. The fourth-order valence-electron chi connectivity index (χ4n) is 3.67. The molecule has 0 radical (unpaired) electrons. The van der Waals surface area contributed by atoms with Crippen molar-refractivity contribution in [2.75, 3.05) is 0 Å². The number of benzene rings is 2. The fourth-order valence-corrected chi connectivity index (χ4v) is 3.67. The Labute approximate surface area is 141 Å². The third kappa shape index (κ3) is 3.50. The van der Waals surface area contributed by atoms with Crippen LogP contribution < -0.4 is 0 Å². The Balaban J connectivity index is 1.79. The highest BCUT2D eigenvalue weighted by molar-refractivity contribution is 5.37. The molecule has 0 spiro atoms. The summed E-state index contributed by atoms with van der Waals surface area (Å²) in [5.41, 5.74) is 2.90. The van der Waals surface area contributed by atoms with E-state index in [1.165, 1.54) is 6.07 Å². The summed E-state index contributed by atoms with van der Waals surface area (Å²) in [6.45, 7) is 2.15. The molecule has 0 nitrogen and oxygen atoms in total. The van der Waals surface area contributed by atoms with Crippen LogP contribution >= 0.6 is 0 Å². The van der Waals surface area contributed by atoms with Gasteiger partial charge in [-0.25, -0.2) is 13.2 Å². The van der Waals surface area contributed by atoms with Gasteiger partial charge in [0.15, 0.2) is 11.6 Å². The zero-order valence-corrected chi connectivity index (χ0v) is 14.0. The highest BCUT2D eigenvalue weighted by Gasteiger charge is 2.26. The molecule has 0 fully saturated rings. The Morgan fingerprint density at radius 1 is 1.00 bits per heavy atom. The van der Waals surface area contributed by atoms with Gasteiger partial charge in [-0.05, 0) is 72.4 Å². The monoisotopic (exact) mass is 332 g/mol. The first kappa shape index (κ1) is 17.1. The van der Waals surface area contributed by atoms with E-state index in [1.54, 1.807) is 12.1 Å². The largest absolute Gasteiger partial charge is 0.207 e. The quantitative estimate of drug-likeness (QED) is 0.580. The van der Waals surface area contributed by atoms with Crippen molar-refractivity contribution in [3.63, 3.8) is 0 Å². The first-order valence-corrected chi connectivity index (χ1v) is 8.84. The summed E-state index contributed by atoms with van der Waals surface area (Å²) in [6, 6.07) is 8.26. The van der Waals surface area contributed by atoms with E-state index in [2.05, 4.69) is 6.92 Å². The average Bonchev–Trinajstić information content (AvgIpc) is 2.58. The number of fused-ring (bicyclic) bond motifs is 1. The third-order valence-corrected chi connectivity index (χ3v) is 5.08. The van der Waals surface area contributed by atoms with Gasteiger partial charge in [0.05, 0.1) is 0 Å². The van der Waals surface area contributed by atoms with Gasteiger partial charge in [0.2, 0.25) is 0 Å². The molecule has 0 saturated carbocycles. The van der Waals surface area contributed by atoms with Crippen LogP contribution in [-0.2, 0) is 19.3 Å². The lowest BCUT2D eigenvalue weighted by Gasteiger charge is -2.26. The molecule has 3 rings (SSSR count). The van der Waals surface area contributed by atoms with Gasteiger partial charge in [0, 0.05) is 0 Å². The van der Waals surface area contributed by atoms with Crippen molar-refractivity contribution in [1.82, 2.24) is 0 Å². The Hall–Kier alpha value is -1.77. The molecule has 0 bridgehead atoms. The Bertz CT molecular complexity index is 721. The molecule has 1 aliphatic carbocycles. The molecule has 128 valence electrons. The van der Waals surface area contributed by atoms with Crippen molar-refractivity contribution in [3.8, 4) is 0 Å². The summed E-state index contributed by atoms with van der Waals surface area (Å²) in [7, 11) is 0. The normalized spacial score (nSPS) is 16.9. The minimum Gasteiger partial charge on any atom is -0.207 e. The molecule has 2 aromatic rings. The molecule has 0 amide bonds. The molecule has 0 aromatic heterocycles. The van der Waals surface area contributed by atoms with Crippen LogP contribution in [0.1, 0.15) is 60.8 Å². The van der Waals surface area contributed by atoms with E-state index in [-0.39, 0.29) is 11.7 Å². The van der Waals surface area contributed by atoms with Crippen molar-refractivity contribution < 1.29 is 13.2 Å². The van der Waals surface area contributed by atoms with Crippen molar-refractivity contribution in [2.45, 2.75) is 57.8 Å². The van der Waals surface area contributed by atoms with Crippen LogP contribution in [-0.4, -0.2) is 0 Å². The second-order valence-electron chi connectivity index (χ2n) is 6.75. The Morgan fingerprint density at radius 2 is 1.83 bits per heavy atom. The van der Waals surface area contributed by atoms with Crippen LogP contribution in [0.4, 0.5) is 13.2 Å². The van der Waals surface area contributed by atoms with E-state index in [0.29, 0.717) is 24.0 Å². The van der Waals surface area contributed by atoms with Crippen LogP contribution in [0, 0.1) is 17.5 Å². The Morgan fingerprint density at radius 3 is 2.58 bits per heavy atom. The van der Waals surface area contributed by atoms with E-state index in [0.717, 1.165) is 43.2 Å². The van der Waals surface area contributed by atoms with Crippen LogP contribution in [0.5, 0.6) is 0 Å². The van der Waals surface area contributed by atoms with Crippen molar-refractivity contribution >= 4 is 0 Å². The zero-order valence-electron chi connectivity index (χ0n) is 14.0. The van der Waals surface area contributed by atoms with Gasteiger partial charge in [-0.15, -0.1) is 0 Å². The summed E-state index contributed by atoms with van der Waals surface area (Å²) in [4.78, 5) is 0. The summed E-state index contributed by atoms with van der Waals surface area (Å²) < 4.78 is 42.0. The number of halogens is 3. The lowest BCUT2D eigenvalue weighted by atomic mass is 9.79. The molecule has 3 heteroatoms. The predicted molar refractivity (Wildman–Crippen MR) is 90.8 cm³/mol. The van der Waals surface area contributed by atoms with Gasteiger partial charge in [-0.2, -0.15) is 0 Å². The smallest absolute Gasteiger partial charge is 0.162 e. The number of hydrogen-bond acceptors (Lipinski definition) is 0. The first-order valence-electron chi connectivity index (χ1n) is 8.84. The molecule has 1 atom stereocenters. The molecule has 1 aliphatic rings. The predicted octanol–water partition coefficient (Wildman–Crippen LogP) is 6.11. The molecule has 2 aromatic carbocycles. The van der Waals surface area contributed by atoms with Crippen LogP contribution in [0.2, 0.25) is 0 Å². The molecule has 0 saturated heterocycles. The number of hydrogen-bond donors (Lipinski definition) is 0. The molecule has 0 heterocycles. The maximum atomic E-state index is 14.5. The van der Waals surface area contributed by atoms with E-state index in [1.807, 2.05) is 12.1 Å². The molecule has 0 N–H and O–H groups in total. The average molecular weight is 332 g/mol. The second-order valence-corrected chi connectivity index (χ2v) is 6.75. The fraction of sp³-hybridized carbons (Fsp3) is 0.429. The molecule has 0 aliphatic heterocycles. The van der Waals surface area contributed by atoms with Crippen molar-refractivity contribution in [3.05, 3.63) is 70.0 Å². The second kappa shape index (κ2) is 7.42. The van der Waals surface area contributed by atoms with E-state index < -0.39 is 11.6 Å². The van der Waals surface area contributed by atoms with E-state index >= 15 is 0 Å². The van der Waals surface area contributed by atoms with Crippen LogP contribution in [0.15, 0.2) is 30.3 Å². The Kier molecular flexibility index (Phi) is 5.27. The van der Waals surface area contributed by atoms with Crippen molar-refractivity contribution in [1.29, 1.82) is 0 Å². The third-order valence-electron chi connectivity index (χ3n) is 5.08. The lowest BCUT2D eigenvalue weighted by Crippen LogP contribution is -2.16. The van der Waals surface area contributed by atoms with Crippen LogP contribution in [0.3, 0.4) is 0 Å². The molecule has 24 heavy (non-hydrogen) atoms. The van der Waals surface area contributed by atoms with Crippen LogP contribution in [0.25, 0.3) is 0 Å². The van der Waals surface area contributed by atoms with Crippen molar-refractivity contribution in [2.24, 2.45) is 0 Å².